The second kappa shape index (κ2) is 7.89. The molecule has 0 aliphatic carbocycles. The van der Waals surface area contributed by atoms with Crippen molar-refractivity contribution < 1.29 is 17.8 Å². The maximum absolute atomic E-state index is 13.2. The lowest BCUT2D eigenvalue weighted by Crippen LogP contribution is -2.25. The number of rotatable bonds is 4. The number of nitrogens with one attached hydrogen (secondary N) is 2. The fourth-order valence-electron chi connectivity index (χ4n) is 3.90. The average molecular weight is 452 g/mol. The van der Waals surface area contributed by atoms with Gasteiger partial charge in [0.05, 0.1) is 11.4 Å². The molecule has 1 amide bonds. The predicted molar refractivity (Wildman–Crippen MR) is 126 cm³/mol. The maximum atomic E-state index is 13.2. The minimum atomic E-state index is -2.57. The highest BCUT2D eigenvalue weighted by atomic mass is 32.3. The van der Waals surface area contributed by atoms with Crippen LogP contribution in [-0.4, -0.2) is 22.4 Å². The predicted octanol–water partition coefficient (Wildman–Crippen LogP) is 4.36. The van der Waals surface area contributed by atoms with Crippen LogP contribution in [0.1, 0.15) is 17.0 Å². The Hall–Kier alpha value is -3.49. The molecule has 4 N–H and O–H groups in total. The molecule has 164 valence electrons. The van der Waals surface area contributed by atoms with E-state index in [9.17, 15) is 13.4 Å². The van der Waals surface area contributed by atoms with Crippen molar-refractivity contribution in [2.24, 2.45) is 0 Å². The molecule has 1 saturated heterocycles. The van der Waals surface area contributed by atoms with Crippen molar-refractivity contribution in [1.29, 1.82) is 0 Å². The molecular formula is C24H22FN3O3S. The number of carbonyl (C=O) groups excluding carboxylic acids is 1. The lowest BCUT2D eigenvalue weighted by molar-refractivity contribution is 0.0998. The first-order chi connectivity index (χ1) is 15.4. The summed E-state index contributed by atoms with van der Waals surface area (Å²) < 4.78 is 35.0. The van der Waals surface area contributed by atoms with E-state index in [1.54, 1.807) is 48.5 Å². The molecular weight excluding hydrogens is 429 g/mol. The second-order valence-electron chi connectivity index (χ2n) is 7.82. The van der Waals surface area contributed by atoms with Crippen LogP contribution in [0.2, 0.25) is 0 Å². The normalized spacial score (nSPS) is 16.2. The fraction of sp³-hybridized carbons (Fsp3) is 0.125. The molecule has 1 aromatic heterocycles. The van der Waals surface area contributed by atoms with E-state index >= 15 is 0 Å². The zero-order valence-electron chi connectivity index (χ0n) is 17.1. The van der Waals surface area contributed by atoms with Crippen molar-refractivity contribution in [3.8, 4) is 11.1 Å². The van der Waals surface area contributed by atoms with Gasteiger partial charge in [0.2, 0.25) is 0 Å². The molecule has 32 heavy (non-hydrogen) atoms. The number of nitrogen functional groups attached to an aromatic ring is 1. The Morgan fingerprint density at radius 3 is 2.56 bits per heavy atom. The van der Waals surface area contributed by atoms with E-state index in [1.807, 2.05) is 6.07 Å². The number of fused-ring (bicyclic) bond motifs is 1. The van der Waals surface area contributed by atoms with E-state index in [4.69, 9.17) is 10.2 Å². The first-order valence-electron chi connectivity index (χ1n) is 10.3. The Labute approximate surface area is 185 Å². The lowest BCUT2D eigenvalue weighted by atomic mass is 10.0. The summed E-state index contributed by atoms with van der Waals surface area (Å²) >= 11 is 0. The van der Waals surface area contributed by atoms with Crippen LogP contribution in [0.4, 0.5) is 15.8 Å². The highest BCUT2D eigenvalue weighted by Crippen LogP contribution is 2.30. The molecule has 1 aliphatic rings. The molecule has 0 unspecified atom stereocenters. The van der Waals surface area contributed by atoms with Crippen LogP contribution in [0.3, 0.4) is 0 Å². The van der Waals surface area contributed by atoms with Gasteiger partial charge in [0.1, 0.15) is 11.4 Å². The molecule has 0 atom stereocenters. The summed E-state index contributed by atoms with van der Waals surface area (Å²) in [5.74, 6) is -0.00913. The molecule has 0 spiro atoms. The zero-order chi connectivity index (χ0) is 22.3. The number of nitrogens with two attached hydrogens (primary N) is 1. The number of amides is 1. The summed E-state index contributed by atoms with van der Waals surface area (Å²) in [4.78, 5) is 13.6. The Bertz CT molecular complexity index is 1370. The molecule has 0 bridgehead atoms. The maximum Gasteiger partial charge on any atom is 0.291 e. The minimum Gasteiger partial charge on any atom is -0.451 e. The largest absolute Gasteiger partial charge is 0.451 e. The van der Waals surface area contributed by atoms with Crippen molar-refractivity contribution in [3.05, 3.63) is 78.3 Å². The summed E-state index contributed by atoms with van der Waals surface area (Å²) in [6.07, 6.45) is 0.882. The molecule has 0 radical (unpaired) electrons. The third-order valence-electron chi connectivity index (χ3n) is 5.64. The van der Waals surface area contributed by atoms with Crippen molar-refractivity contribution in [2.45, 2.75) is 11.3 Å². The topological polar surface area (TPSA) is 97.4 Å². The van der Waals surface area contributed by atoms with Gasteiger partial charge in [-0.25, -0.2) is 4.39 Å². The minimum absolute atomic E-state index is 0.126. The molecule has 0 saturated carbocycles. The molecule has 1 aliphatic heterocycles. The Kier molecular flexibility index (Phi) is 5.03. The second-order valence-corrected chi connectivity index (χ2v) is 10.6. The van der Waals surface area contributed by atoms with Crippen LogP contribution in [0.15, 0.2) is 76.0 Å². The summed E-state index contributed by atoms with van der Waals surface area (Å²) in [5, 5.41) is 3.50. The van der Waals surface area contributed by atoms with Gasteiger partial charge in [0.25, 0.3) is 5.91 Å². The number of thiol groups is 1. The Balaban J connectivity index is 1.41. The van der Waals surface area contributed by atoms with Gasteiger partial charge in [-0.15, -0.1) is 0 Å². The van der Waals surface area contributed by atoms with Crippen LogP contribution in [0.25, 0.3) is 22.1 Å². The van der Waals surface area contributed by atoms with Crippen LogP contribution in [-0.2, 0) is 10.1 Å². The monoisotopic (exact) mass is 451 g/mol. The molecule has 4 aromatic rings. The van der Waals surface area contributed by atoms with E-state index in [2.05, 4.69) is 10.0 Å². The lowest BCUT2D eigenvalue weighted by Gasteiger charge is -2.17. The van der Waals surface area contributed by atoms with Crippen LogP contribution in [0, 0.1) is 5.82 Å². The van der Waals surface area contributed by atoms with E-state index in [-0.39, 0.29) is 11.6 Å². The molecule has 2 heterocycles. The number of hydrogen-bond donors (Lipinski definition) is 4. The average Bonchev–Trinajstić information content (AvgIpc) is 3.42. The van der Waals surface area contributed by atoms with Gasteiger partial charge >= 0.3 is 0 Å². The zero-order valence-corrected chi connectivity index (χ0v) is 18.0. The number of carbonyl (C=O) groups is 1. The Morgan fingerprint density at radius 2 is 1.81 bits per heavy atom. The van der Waals surface area contributed by atoms with E-state index in [0.717, 1.165) is 29.0 Å². The molecule has 6 nitrogen and oxygen atoms in total. The van der Waals surface area contributed by atoms with Gasteiger partial charge in [-0.05, 0) is 76.2 Å². The van der Waals surface area contributed by atoms with Gasteiger partial charge in [0.15, 0.2) is 5.76 Å². The number of hydrogen-bond acceptors (Lipinski definition) is 4. The van der Waals surface area contributed by atoms with Crippen LogP contribution >= 0.6 is 0 Å². The van der Waals surface area contributed by atoms with E-state index in [0.29, 0.717) is 28.1 Å². The first-order valence-corrected chi connectivity index (χ1v) is 12.2. The van der Waals surface area contributed by atoms with Crippen LogP contribution < -0.4 is 15.8 Å². The summed E-state index contributed by atoms with van der Waals surface area (Å²) in [7, 11) is -2.57. The fourth-order valence-corrected chi connectivity index (χ4v) is 6.28. The SMILES string of the molecule is Nc1ccc(-c2ccc(F)cc2)cc1NC(=O)c1cc2cc([SH]3(=O)CCCN3)ccc2o1. The van der Waals surface area contributed by atoms with Crippen molar-refractivity contribution in [2.75, 3.05) is 23.3 Å². The van der Waals surface area contributed by atoms with Gasteiger partial charge in [-0.3, -0.25) is 13.7 Å². The van der Waals surface area contributed by atoms with Crippen molar-refractivity contribution in [3.63, 3.8) is 0 Å². The number of benzene rings is 3. The highest BCUT2D eigenvalue weighted by molar-refractivity contribution is 8.01. The Morgan fingerprint density at radius 1 is 1.03 bits per heavy atom. The summed E-state index contributed by atoms with van der Waals surface area (Å²) in [5.41, 5.74) is 9.01. The summed E-state index contributed by atoms with van der Waals surface area (Å²) in [6.45, 7) is 0.743. The van der Waals surface area contributed by atoms with Gasteiger partial charge in [-0.2, -0.15) is 0 Å². The van der Waals surface area contributed by atoms with Gasteiger partial charge in [0, 0.05) is 22.6 Å². The molecule has 3 aromatic carbocycles. The number of anilines is 2. The van der Waals surface area contributed by atoms with Crippen molar-refractivity contribution in [1.82, 2.24) is 4.72 Å². The van der Waals surface area contributed by atoms with Crippen LogP contribution in [0.5, 0.6) is 0 Å². The smallest absolute Gasteiger partial charge is 0.291 e. The number of furan rings is 1. The third-order valence-corrected chi connectivity index (χ3v) is 8.43. The van der Waals surface area contributed by atoms with Crippen molar-refractivity contribution >= 4 is 38.4 Å². The van der Waals surface area contributed by atoms with E-state index < -0.39 is 16.0 Å². The third kappa shape index (κ3) is 3.79. The number of halogens is 1. The van der Waals surface area contributed by atoms with Gasteiger partial charge < -0.3 is 15.5 Å². The van der Waals surface area contributed by atoms with Gasteiger partial charge in [-0.1, -0.05) is 18.2 Å². The quantitative estimate of drug-likeness (QED) is 0.274. The van der Waals surface area contributed by atoms with E-state index in [1.165, 1.54) is 12.1 Å². The molecule has 1 fully saturated rings. The standard InChI is InChI=1S/C24H22FN3O3S/c25-18-5-2-15(3-6-18)16-4-8-20(26)21(13-16)28-24(29)23-14-17-12-19(7-9-22(17)31-23)32(30)11-1-10-27-32/h2-9,12-14,32H,1,10-11,26H2,(H,27,30)(H,28,29). The molecule has 5 rings (SSSR count). The first kappa shape index (κ1) is 20.4. The summed E-state index contributed by atoms with van der Waals surface area (Å²) in [6, 6.07) is 18.3. The molecule has 8 heteroatoms. The highest BCUT2D eigenvalue weighted by Gasteiger charge is 2.23.